The highest BCUT2D eigenvalue weighted by molar-refractivity contribution is 7.99. The maximum Gasteiger partial charge on any atom is 0.233 e. The first-order valence-corrected chi connectivity index (χ1v) is 9.27. The van der Waals surface area contributed by atoms with Gasteiger partial charge in [0.25, 0.3) is 0 Å². The molecule has 1 amide bonds. The van der Waals surface area contributed by atoms with Gasteiger partial charge in [0, 0.05) is 37.1 Å². The van der Waals surface area contributed by atoms with E-state index in [0.717, 1.165) is 18.5 Å². The first kappa shape index (κ1) is 17.5. The van der Waals surface area contributed by atoms with Gasteiger partial charge >= 0.3 is 0 Å². The molecule has 0 radical (unpaired) electrons. The molecule has 1 aliphatic rings. The minimum atomic E-state index is -0.173. The highest BCUT2D eigenvalue weighted by Gasteiger charge is 2.29. The van der Waals surface area contributed by atoms with Crippen LogP contribution in [0.2, 0.25) is 0 Å². The molecule has 7 heteroatoms. The van der Waals surface area contributed by atoms with Crippen molar-refractivity contribution in [2.75, 3.05) is 18.8 Å². The summed E-state index contributed by atoms with van der Waals surface area (Å²) in [6.45, 7) is 3.05. The van der Waals surface area contributed by atoms with Gasteiger partial charge in [-0.05, 0) is 38.0 Å². The summed E-state index contributed by atoms with van der Waals surface area (Å²) >= 11 is 1.33. The molecule has 2 aromatic rings. The van der Waals surface area contributed by atoms with Gasteiger partial charge in [0.1, 0.15) is 5.69 Å². The number of rotatable bonds is 5. The molecule has 0 aliphatic carbocycles. The molecule has 0 bridgehead atoms. The monoisotopic (exact) mass is 356 g/mol. The molecule has 0 saturated carbocycles. The number of carbonyl (C=O) groups excluding carboxylic acids is 2. The number of piperidine rings is 1. The highest BCUT2D eigenvalue weighted by atomic mass is 32.2. The third kappa shape index (κ3) is 4.63. The van der Waals surface area contributed by atoms with Gasteiger partial charge < -0.3 is 4.90 Å². The van der Waals surface area contributed by atoms with Crippen LogP contribution in [0.3, 0.4) is 0 Å². The van der Waals surface area contributed by atoms with Gasteiger partial charge in [-0.3, -0.25) is 14.6 Å². The van der Waals surface area contributed by atoms with Gasteiger partial charge in [-0.2, -0.15) is 0 Å². The minimum Gasteiger partial charge on any atom is -0.341 e. The molecule has 2 aromatic heterocycles. The summed E-state index contributed by atoms with van der Waals surface area (Å²) in [4.78, 5) is 39.4. The number of aryl methyl sites for hydroxylation is 1. The fraction of sp³-hybridized carbons (Fsp3) is 0.389. The number of ketones is 1. The first-order chi connectivity index (χ1) is 12.1. The van der Waals surface area contributed by atoms with E-state index < -0.39 is 0 Å². The summed E-state index contributed by atoms with van der Waals surface area (Å²) < 4.78 is 0. The van der Waals surface area contributed by atoms with Crippen LogP contribution in [-0.2, 0) is 4.79 Å². The summed E-state index contributed by atoms with van der Waals surface area (Å²) in [7, 11) is 0. The number of likely N-dealkylation sites (tertiary alicyclic amines) is 1. The standard InChI is InChI=1S/C18H20N4O2S/c1-13-7-9-20-18(21-13)25-12-16(23)22-10-4-5-14(11-22)17(24)15-6-2-3-8-19-15/h2-3,6-9,14H,4-5,10-12H2,1H3. The van der Waals surface area contributed by atoms with Crippen molar-refractivity contribution in [3.8, 4) is 0 Å². The fourth-order valence-electron chi connectivity index (χ4n) is 2.85. The second-order valence-electron chi connectivity index (χ2n) is 6.03. The van der Waals surface area contributed by atoms with Crippen LogP contribution in [0.1, 0.15) is 29.0 Å². The SMILES string of the molecule is Cc1ccnc(SCC(=O)N2CCCC(C(=O)c3ccccn3)C2)n1. The number of aromatic nitrogens is 3. The largest absolute Gasteiger partial charge is 0.341 e. The van der Waals surface area contributed by atoms with E-state index in [1.165, 1.54) is 11.8 Å². The number of carbonyl (C=O) groups is 2. The Balaban J connectivity index is 1.57. The van der Waals surface area contributed by atoms with Crippen molar-refractivity contribution in [3.63, 3.8) is 0 Å². The maximum atomic E-state index is 12.6. The Kier molecular flexibility index (Phi) is 5.75. The van der Waals surface area contributed by atoms with Crippen molar-refractivity contribution in [1.29, 1.82) is 0 Å². The smallest absolute Gasteiger partial charge is 0.233 e. The topological polar surface area (TPSA) is 76.1 Å². The molecule has 25 heavy (non-hydrogen) atoms. The van der Waals surface area contributed by atoms with Crippen LogP contribution in [-0.4, -0.2) is 50.4 Å². The third-order valence-electron chi connectivity index (χ3n) is 4.16. The Labute approximate surface area is 151 Å². The fourth-order valence-corrected chi connectivity index (χ4v) is 3.63. The molecule has 1 atom stereocenters. The van der Waals surface area contributed by atoms with Gasteiger partial charge in [-0.25, -0.2) is 9.97 Å². The van der Waals surface area contributed by atoms with E-state index in [1.807, 2.05) is 19.1 Å². The summed E-state index contributed by atoms with van der Waals surface area (Å²) in [5.41, 5.74) is 1.35. The lowest BCUT2D eigenvalue weighted by molar-refractivity contribution is -0.129. The number of thioether (sulfide) groups is 1. The summed E-state index contributed by atoms with van der Waals surface area (Å²) in [6.07, 6.45) is 4.95. The molecule has 1 aliphatic heterocycles. The lowest BCUT2D eigenvalue weighted by Gasteiger charge is -2.31. The average Bonchev–Trinajstić information content (AvgIpc) is 2.66. The van der Waals surface area contributed by atoms with Crippen LogP contribution < -0.4 is 0 Å². The second-order valence-corrected chi connectivity index (χ2v) is 6.97. The predicted octanol–water partition coefficient (Wildman–Crippen LogP) is 2.39. The van der Waals surface area contributed by atoms with Gasteiger partial charge in [0.05, 0.1) is 5.75 Å². The van der Waals surface area contributed by atoms with Crippen LogP contribution in [0.15, 0.2) is 41.8 Å². The lowest BCUT2D eigenvalue weighted by Crippen LogP contribution is -2.43. The van der Waals surface area contributed by atoms with Crippen molar-refractivity contribution >= 4 is 23.5 Å². The average molecular weight is 356 g/mol. The molecule has 0 N–H and O–H groups in total. The maximum absolute atomic E-state index is 12.6. The Hall–Kier alpha value is -2.28. The van der Waals surface area contributed by atoms with Crippen LogP contribution >= 0.6 is 11.8 Å². The highest BCUT2D eigenvalue weighted by Crippen LogP contribution is 2.22. The van der Waals surface area contributed by atoms with Gasteiger partial charge in [0.15, 0.2) is 10.9 Å². The second kappa shape index (κ2) is 8.20. The van der Waals surface area contributed by atoms with E-state index in [9.17, 15) is 9.59 Å². The number of nitrogens with zero attached hydrogens (tertiary/aromatic N) is 4. The van der Waals surface area contributed by atoms with Crippen LogP contribution in [0.5, 0.6) is 0 Å². The Morgan fingerprint density at radius 3 is 2.88 bits per heavy atom. The molecule has 1 saturated heterocycles. The number of Topliss-reactive ketones (excluding diaryl/α,β-unsaturated/α-hetero) is 1. The molecule has 0 aromatic carbocycles. The van der Waals surface area contributed by atoms with E-state index in [4.69, 9.17) is 0 Å². The zero-order chi connectivity index (χ0) is 17.6. The van der Waals surface area contributed by atoms with E-state index >= 15 is 0 Å². The predicted molar refractivity (Wildman–Crippen MR) is 95.4 cm³/mol. The van der Waals surface area contributed by atoms with Crippen LogP contribution in [0.4, 0.5) is 0 Å². The van der Waals surface area contributed by atoms with Crippen molar-refractivity contribution in [2.24, 2.45) is 5.92 Å². The third-order valence-corrected chi connectivity index (χ3v) is 5.01. The number of hydrogen-bond donors (Lipinski definition) is 0. The van der Waals surface area contributed by atoms with Crippen molar-refractivity contribution in [3.05, 3.63) is 48.0 Å². The van der Waals surface area contributed by atoms with E-state index in [0.29, 0.717) is 23.9 Å². The lowest BCUT2D eigenvalue weighted by atomic mass is 9.92. The summed E-state index contributed by atoms with van der Waals surface area (Å²) in [6, 6.07) is 7.15. The minimum absolute atomic E-state index is 0.0211. The van der Waals surface area contributed by atoms with E-state index in [1.54, 1.807) is 29.4 Å². The van der Waals surface area contributed by atoms with Gasteiger partial charge in [-0.1, -0.05) is 17.8 Å². The molecule has 1 unspecified atom stereocenters. The molecule has 3 rings (SSSR count). The van der Waals surface area contributed by atoms with E-state index in [2.05, 4.69) is 15.0 Å². The molecule has 6 nitrogen and oxygen atoms in total. The van der Waals surface area contributed by atoms with Crippen LogP contribution in [0, 0.1) is 12.8 Å². The Morgan fingerprint density at radius 2 is 2.12 bits per heavy atom. The molecule has 0 spiro atoms. The zero-order valence-electron chi connectivity index (χ0n) is 14.1. The molecular weight excluding hydrogens is 336 g/mol. The molecule has 3 heterocycles. The summed E-state index contributed by atoms with van der Waals surface area (Å²) in [5.74, 6) is 0.155. The van der Waals surface area contributed by atoms with Gasteiger partial charge in [0.2, 0.25) is 5.91 Å². The van der Waals surface area contributed by atoms with E-state index in [-0.39, 0.29) is 23.4 Å². The van der Waals surface area contributed by atoms with Crippen LogP contribution in [0.25, 0.3) is 0 Å². The normalized spacial score (nSPS) is 17.3. The number of hydrogen-bond acceptors (Lipinski definition) is 6. The van der Waals surface area contributed by atoms with Crippen molar-refractivity contribution in [2.45, 2.75) is 24.9 Å². The Bertz CT molecular complexity index is 754. The molecule has 130 valence electrons. The number of pyridine rings is 1. The van der Waals surface area contributed by atoms with Crippen molar-refractivity contribution < 1.29 is 9.59 Å². The summed E-state index contributed by atoms with van der Waals surface area (Å²) in [5, 5.41) is 0.603. The quantitative estimate of drug-likeness (QED) is 0.465. The number of amides is 1. The van der Waals surface area contributed by atoms with Crippen molar-refractivity contribution in [1.82, 2.24) is 19.9 Å². The molecule has 1 fully saturated rings. The zero-order valence-corrected chi connectivity index (χ0v) is 14.9. The molecular formula is C18H20N4O2S. The first-order valence-electron chi connectivity index (χ1n) is 8.29. The Morgan fingerprint density at radius 1 is 1.24 bits per heavy atom. The van der Waals surface area contributed by atoms with Gasteiger partial charge in [-0.15, -0.1) is 0 Å².